The minimum Gasteiger partial charge on any atom is -0.495 e. The maximum Gasteiger partial charge on any atom is 0.254 e. The highest BCUT2D eigenvalue weighted by Gasteiger charge is 2.40. The number of sulfonamides is 1. The summed E-state index contributed by atoms with van der Waals surface area (Å²) in [5.74, 6) is 1.42. The molecule has 1 heterocycles. The first-order valence-electron chi connectivity index (χ1n) is 11.4. The third kappa shape index (κ3) is 4.24. The number of methoxy groups -OCH3 is 1. The second-order valence-corrected chi connectivity index (χ2v) is 10.9. The van der Waals surface area contributed by atoms with Gasteiger partial charge in [-0.3, -0.25) is 4.79 Å². The molecule has 1 aliphatic heterocycles. The summed E-state index contributed by atoms with van der Waals surface area (Å²) in [6, 6.07) is 5.06. The summed E-state index contributed by atoms with van der Waals surface area (Å²) in [7, 11) is -2.29. The van der Waals surface area contributed by atoms with Crippen LogP contribution in [0.2, 0.25) is 0 Å². The van der Waals surface area contributed by atoms with Crippen molar-refractivity contribution in [3.63, 3.8) is 0 Å². The Hall–Kier alpha value is -1.60. The van der Waals surface area contributed by atoms with E-state index >= 15 is 0 Å². The van der Waals surface area contributed by atoms with Gasteiger partial charge in [-0.2, -0.15) is 0 Å². The van der Waals surface area contributed by atoms with Crippen molar-refractivity contribution in [1.29, 1.82) is 0 Å². The summed E-state index contributed by atoms with van der Waals surface area (Å²) in [5, 5.41) is 0. The van der Waals surface area contributed by atoms with Crippen LogP contribution in [0.5, 0.6) is 5.75 Å². The summed E-state index contributed by atoms with van der Waals surface area (Å²) in [5.41, 5.74) is 0.432. The molecule has 4 rings (SSSR count). The van der Waals surface area contributed by atoms with Crippen LogP contribution in [0.4, 0.5) is 0 Å². The molecule has 0 radical (unpaired) electrons. The predicted octanol–water partition coefficient (Wildman–Crippen LogP) is 3.96. The van der Waals surface area contributed by atoms with Gasteiger partial charge in [0.1, 0.15) is 10.6 Å². The van der Waals surface area contributed by atoms with E-state index < -0.39 is 10.0 Å². The largest absolute Gasteiger partial charge is 0.495 e. The number of carbonyl (C=O) groups excluding carboxylic acids is 1. The molecular weight excluding hydrogens is 400 g/mol. The summed E-state index contributed by atoms with van der Waals surface area (Å²) < 4.78 is 34.3. The van der Waals surface area contributed by atoms with Crippen molar-refractivity contribution in [1.82, 2.24) is 9.62 Å². The standard InChI is InChI=1S/C23H34N2O4S/c1-16-13-14-25(20-10-6-5-9-19(16)20)23(26)17-11-12-21(29-2)22(15-17)30(27,28)24-18-7-3-4-8-18/h11-12,15-16,18-20,24H,3-10,13-14H2,1-2H3. The minimum absolute atomic E-state index is 0.0364. The number of hydrogen-bond donors (Lipinski definition) is 1. The monoisotopic (exact) mass is 434 g/mol. The summed E-state index contributed by atoms with van der Waals surface area (Å²) in [4.78, 5) is 15.5. The van der Waals surface area contributed by atoms with Crippen molar-refractivity contribution >= 4 is 15.9 Å². The molecule has 0 aromatic heterocycles. The van der Waals surface area contributed by atoms with Gasteiger partial charge in [0, 0.05) is 24.2 Å². The van der Waals surface area contributed by atoms with Gasteiger partial charge >= 0.3 is 0 Å². The molecule has 1 N–H and O–H groups in total. The highest BCUT2D eigenvalue weighted by Crippen LogP contribution is 2.39. The molecular formula is C23H34N2O4S. The van der Waals surface area contributed by atoms with Crippen LogP contribution in [-0.2, 0) is 10.0 Å². The lowest BCUT2D eigenvalue weighted by Gasteiger charge is -2.47. The van der Waals surface area contributed by atoms with E-state index in [0.29, 0.717) is 17.4 Å². The van der Waals surface area contributed by atoms with E-state index in [-0.39, 0.29) is 28.6 Å². The number of amides is 1. The predicted molar refractivity (Wildman–Crippen MR) is 116 cm³/mol. The number of rotatable bonds is 5. The molecule has 1 saturated heterocycles. The Kier molecular flexibility index (Phi) is 6.39. The van der Waals surface area contributed by atoms with Crippen LogP contribution in [0.3, 0.4) is 0 Å². The average molecular weight is 435 g/mol. The first-order valence-corrected chi connectivity index (χ1v) is 12.9. The number of nitrogens with zero attached hydrogens (tertiary/aromatic N) is 1. The van der Waals surface area contributed by atoms with Crippen molar-refractivity contribution in [2.45, 2.75) is 81.7 Å². The second kappa shape index (κ2) is 8.87. The van der Waals surface area contributed by atoms with Crippen molar-refractivity contribution in [3.05, 3.63) is 23.8 Å². The van der Waals surface area contributed by atoms with E-state index in [9.17, 15) is 13.2 Å². The number of hydrogen-bond acceptors (Lipinski definition) is 4. The lowest BCUT2D eigenvalue weighted by atomic mass is 9.72. The van der Waals surface area contributed by atoms with Crippen LogP contribution < -0.4 is 9.46 Å². The van der Waals surface area contributed by atoms with Gasteiger partial charge in [-0.25, -0.2) is 13.1 Å². The summed E-state index contributed by atoms with van der Waals surface area (Å²) >= 11 is 0. The van der Waals surface area contributed by atoms with Gasteiger partial charge in [-0.1, -0.05) is 32.6 Å². The molecule has 166 valence electrons. The van der Waals surface area contributed by atoms with Gasteiger partial charge in [0.2, 0.25) is 10.0 Å². The molecule has 1 aromatic rings. The molecule has 30 heavy (non-hydrogen) atoms. The normalized spacial score (nSPS) is 27.7. The Morgan fingerprint density at radius 2 is 1.77 bits per heavy atom. The van der Waals surface area contributed by atoms with Gasteiger partial charge in [0.05, 0.1) is 7.11 Å². The van der Waals surface area contributed by atoms with Gasteiger partial charge in [0.25, 0.3) is 5.91 Å². The molecule has 3 atom stereocenters. The van der Waals surface area contributed by atoms with Crippen LogP contribution in [0.15, 0.2) is 23.1 Å². The Morgan fingerprint density at radius 3 is 2.50 bits per heavy atom. The van der Waals surface area contributed by atoms with Gasteiger partial charge < -0.3 is 9.64 Å². The molecule has 1 aromatic carbocycles. The van der Waals surface area contributed by atoms with Crippen molar-refractivity contribution in [2.24, 2.45) is 11.8 Å². The van der Waals surface area contributed by atoms with Crippen LogP contribution >= 0.6 is 0 Å². The molecule has 7 heteroatoms. The Labute approximate surface area is 180 Å². The maximum atomic E-state index is 13.5. The molecule has 3 unspecified atom stereocenters. The molecule has 0 bridgehead atoms. The van der Waals surface area contributed by atoms with E-state index in [4.69, 9.17) is 4.74 Å². The number of benzene rings is 1. The Balaban J connectivity index is 1.61. The fourth-order valence-corrected chi connectivity index (χ4v) is 7.18. The number of piperidine rings is 1. The number of nitrogens with one attached hydrogen (secondary N) is 1. The fourth-order valence-electron chi connectivity index (χ4n) is 5.68. The third-order valence-electron chi connectivity index (χ3n) is 7.38. The van der Waals surface area contributed by atoms with Crippen molar-refractivity contribution in [2.75, 3.05) is 13.7 Å². The number of ether oxygens (including phenoxy) is 1. The van der Waals surface area contributed by atoms with E-state index in [2.05, 4.69) is 11.6 Å². The first-order chi connectivity index (χ1) is 14.4. The van der Waals surface area contributed by atoms with Crippen LogP contribution in [-0.4, -0.2) is 45.0 Å². The Morgan fingerprint density at radius 1 is 1.07 bits per heavy atom. The smallest absolute Gasteiger partial charge is 0.254 e. The SMILES string of the molecule is COc1ccc(C(=O)N2CCC(C)C3CCCCC32)cc1S(=O)(=O)NC1CCCC1. The van der Waals surface area contributed by atoms with Crippen LogP contribution in [0.25, 0.3) is 0 Å². The van der Waals surface area contributed by atoms with E-state index in [1.54, 1.807) is 12.1 Å². The summed E-state index contributed by atoms with van der Waals surface area (Å²) in [6.07, 6.45) is 9.43. The lowest BCUT2D eigenvalue weighted by Crippen LogP contribution is -2.52. The fraction of sp³-hybridized carbons (Fsp3) is 0.696. The quantitative estimate of drug-likeness (QED) is 0.761. The van der Waals surface area contributed by atoms with E-state index in [1.165, 1.54) is 26.0 Å². The molecule has 3 aliphatic rings. The van der Waals surface area contributed by atoms with Gasteiger partial charge in [-0.05, 0) is 62.1 Å². The molecule has 6 nitrogen and oxygen atoms in total. The van der Waals surface area contributed by atoms with Crippen LogP contribution in [0.1, 0.15) is 75.1 Å². The Bertz CT molecular complexity index is 879. The van der Waals surface area contributed by atoms with Gasteiger partial charge in [0.15, 0.2) is 0 Å². The second-order valence-electron chi connectivity index (χ2n) is 9.25. The number of likely N-dealkylation sites (tertiary alicyclic amines) is 1. The van der Waals surface area contributed by atoms with Crippen molar-refractivity contribution < 1.29 is 17.9 Å². The third-order valence-corrected chi connectivity index (χ3v) is 8.92. The zero-order valence-corrected chi connectivity index (χ0v) is 18.9. The average Bonchev–Trinajstić information content (AvgIpc) is 3.25. The van der Waals surface area contributed by atoms with Gasteiger partial charge in [-0.15, -0.1) is 0 Å². The maximum absolute atomic E-state index is 13.5. The first kappa shape index (κ1) is 21.6. The molecule has 0 spiro atoms. The van der Waals surface area contributed by atoms with Crippen molar-refractivity contribution in [3.8, 4) is 5.75 Å². The molecule has 3 fully saturated rings. The zero-order chi connectivity index (χ0) is 21.3. The van der Waals surface area contributed by atoms with E-state index in [1.807, 2.05) is 4.90 Å². The topological polar surface area (TPSA) is 75.7 Å². The number of carbonyl (C=O) groups is 1. The molecule has 1 amide bonds. The highest BCUT2D eigenvalue weighted by molar-refractivity contribution is 7.89. The number of fused-ring (bicyclic) bond motifs is 1. The minimum atomic E-state index is -3.75. The highest BCUT2D eigenvalue weighted by atomic mass is 32.2. The zero-order valence-electron chi connectivity index (χ0n) is 18.1. The molecule has 2 aliphatic carbocycles. The summed E-state index contributed by atoms with van der Waals surface area (Å²) in [6.45, 7) is 3.05. The lowest BCUT2D eigenvalue weighted by molar-refractivity contribution is 0.0217. The van der Waals surface area contributed by atoms with Crippen LogP contribution in [0, 0.1) is 11.8 Å². The molecule has 2 saturated carbocycles. The van der Waals surface area contributed by atoms with E-state index in [0.717, 1.165) is 51.5 Å².